The molecule has 1 unspecified atom stereocenters. The molecule has 0 spiro atoms. The summed E-state index contributed by atoms with van der Waals surface area (Å²) < 4.78 is 0. The van der Waals surface area contributed by atoms with Crippen LogP contribution in [0.15, 0.2) is 0 Å². The zero-order valence-electron chi connectivity index (χ0n) is 7.23. The molecule has 0 radical (unpaired) electrons. The molecular formula is C8H18IP. The van der Waals surface area contributed by atoms with Crippen LogP contribution in [0.25, 0.3) is 0 Å². The van der Waals surface area contributed by atoms with Crippen molar-refractivity contribution in [3.8, 4) is 0 Å². The lowest BCUT2D eigenvalue weighted by Crippen LogP contribution is -1.87. The van der Waals surface area contributed by atoms with E-state index in [2.05, 4.69) is 42.6 Å². The Kier molecular flexibility index (Phi) is 7.64. The van der Waals surface area contributed by atoms with Gasteiger partial charge in [-0.2, -0.15) is 0 Å². The maximum Gasteiger partial charge on any atom is -0.0238 e. The molecule has 2 heteroatoms. The molecule has 0 fully saturated rings. The summed E-state index contributed by atoms with van der Waals surface area (Å²) in [5, 5.41) is 0. The van der Waals surface area contributed by atoms with Gasteiger partial charge in [0.15, 0.2) is 0 Å². The van der Waals surface area contributed by atoms with Crippen molar-refractivity contribution in [3.05, 3.63) is 0 Å². The first-order valence-corrected chi connectivity index (χ1v) is 8.75. The molecule has 62 valence electrons. The van der Waals surface area contributed by atoms with Crippen LogP contribution in [0, 0.1) is 5.92 Å². The van der Waals surface area contributed by atoms with Crippen LogP contribution >= 0.6 is 27.6 Å². The van der Waals surface area contributed by atoms with E-state index < -0.39 is 0 Å². The molecule has 1 atom stereocenters. The molecule has 0 rings (SSSR count). The fourth-order valence-corrected chi connectivity index (χ4v) is 2.57. The van der Waals surface area contributed by atoms with Crippen molar-refractivity contribution < 1.29 is 0 Å². The van der Waals surface area contributed by atoms with Gasteiger partial charge in [0, 0.05) is 0 Å². The Bertz CT molecular complexity index is 61.7. The minimum Gasteiger partial charge on any atom is -0.0628 e. The van der Waals surface area contributed by atoms with Gasteiger partial charge in [-0.05, 0) is 30.7 Å². The van der Waals surface area contributed by atoms with Gasteiger partial charge in [-0.25, -0.2) is 0 Å². The molecular weight excluding hydrogens is 254 g/mol. The SMILES string of the molecule is CC(C)CCCCP(C)I. The van der Waals surface area contributed by atoms with Crippen molar-refractivity contribution in [3.63, 3.8) is 0 Å². The van der Waals surface area contributed by atoms with Crippen LogP contribution in [-0.2, 0) is 0 Å². The quantitative estimate of drug-likeness (QED) is 0.398. The fourth-order valence-electron chi connectivity index (χ4n) is 0.882. The fraction of sp³-hybridized carbons (Fsp3) is 1.00. The number of halogens is 1. The van der Waals surface area contributed by atoms with Crippen LogP contribution < -0.4 is 0 Å². The van der Waals surface area contributed by atoms with Crippen molar-refractivity contribution >= 4 is 27.6 Å². The Morgan fingerprint density at radius 3 is 2.30 bits per heavy atom. The Morgan fingerprint density at radius 2 is 1.90 bits per heavy atom. The maximum atomic E-state index is 2.56. The topological polar surface area (TPSA) is 0 Å². The van der Waals surface area contributed by atoms with E-state index in [1.54, 1.807) is 0 Å². The molecule has 0 aliphatic carbocycles. The first-order valence-electron chi connectivity index (χ1n) is 4.00. The molecule has 0 saturated heterocycles. The van der Waals surface area contributed by atoms with Gasteiger partial charge in [-0.1, -0.05) is 48.7 Å². The first-order chi connectivity index (χ1) is 4.63. The summed E-state index contributed by atoms with van der Waals surface area (Å²) in [7, 11) is 0. The normalized spacial score (nSPS) is 14.1. The second-order valence-electron chi connectivity index (χ2n) is 3.22. The van der Waals surface area contributed by atoms with Gasteiger partial charge in [-0.15, -0.1) is 0 Å². The van der Waals surface area contributed by atoms with Crippen LogP contribution in [0.5, 0.6) is 0 Å². The predicted octanol–water partition coefficient (Wildman–Crippen LogP) is 4.27. The smallest absolute Gasteiger partial charge is 0.0238 e. The summed E-state index contributed by atoms with van der Waals surface area (Å²) in [5.74, 6) is 0.900. The Hall–Kier alpha value is 1.16. The standard InChI is InChI=1S/C8H18IP/c1-8(2)6-4-5-7-10(3)9/h8H,4-7H2,1-3H3. The molecule has 0 aromatic carbocycles. The molecule has 0 bridgehead atoms. The summed E-state index contributed by atoms with van der Waals surface area (Å²) in [4.78, 5) is 0. The summed E-state index contributed by atoms with van der Waals surface area (Å²) in [6, 6.07) is 0. The van der Waals surface area contributed by atoms with Crippen LogP contribution in [0.4, 0.5) is 0 Å². The molecule has 0 aliphatic heterocycles. The van der Waals surface area contributed by atoms with Gasteiger partial charge < -0.3 is 0 Å². The maximum absolute atomic E-state index is 2.56. The molecule has 10 heavy (non-hydrogen) atoms. The van der Waals surface area contributed by atoms with Gasteiger partial charge in [0.2, 0.25) is 0 Å². The first kappa shape index (κ1) is 11.2. The van der Waals surface area contributed by atoms with Crippen molar-refractivity contribution in [1.29, 1.82) is 0 Å². The summed E-state index contributed by atoms with van der Waals surface area (Å²) in [5.41, 5.74) is 0.339. The zero-order valence-corrected chi connectivity index (χ0v) is 10.3. The zero-order chi connectivity index (χ0) is 7.98. The molecule has 0 aromatic rings. The molecule has 0 saturated carbocycles. The number of rotatable bonds is 5. The van der Waals surface area contributed by atoms with Gasteiger partial charge in [-0.3, -0.25) is 0 Å². The molecule has 0 amide bonds. The Labute approximate surface area is 79.4 Å². The highest BCUT2D eigenvalue weighted by Gasteiger charge is 1.96. The van der Waals surface area contributed by atoms with Gasteiger partial charge >= 0.3 is 0 Å². The van der Waals surface area contributed by atoms with Crippen molar-refractivity contribution in [2.45, 2.75) is 33.1 Å². The van der Waals surface area contributed by atoms with Crippen molar-refractivity contribution in [2.24, 2.45) is 5.92 Å². The second-order valence-corrected chi connectivity index (χ2v) is 9.82. The highest BCUT2D eigenvalue weighted by molar-refractivity contribution is 14.2. The lowest BCUT2D eigenvalue weighted by molar-refractivity contribution is 0.551. The van der Waals surface area contributed by atoms with Gasteiger partial charge in [0.1, 0.15) is 0 Å². The third-order valence-electron chi connectivity index (χ3n) is 1.50. The van der Waals surface area contributed by atoms with Crippen LogP contribution in [0.3, 0.4) is 0 Å². The predicted molar refractivity (Wildman–Crippen MR) is 60.4 cm³/mol. The van der Waals surface area contributed by atoms with Crippen LogP contribution in [-0.4, -0.2) is 12.8 Å². The molecule has 0 heterocycles. The van der Waals surface area contributed by atoms with E-state index in [0.29, 0.717) is 5.56 Å². The third kappa shape index (κ3) is 9.16. The summed E-state index contributed by atoms with van der Waals surface area (Å²) in [6.45, 7) is 6.96. The number of hydrogen-bond donors (Lipinski definition) is 0. The highest BCUT2D eigenvalue weighted by atomic mass is 127. The van der Waals surface area contributed by atoms with E-state index in [-0.39, 0.29) is 0 Å². The van der Waals surface area contributed by atoms with E-state index in [1.165, 1.54) is 25.4 Å². The average molecular weight is 272 g/mol. The van der Waals surface area contributed by atoms with Crippen molar-refractivity contribution in [1.82, 2.24) is 0 Å². The Morgan fingerprint density at radius 1 is 1.30 bits per heavy atom. The minimum atomic E-state index is 0.339. The highest BCUT2D eigenvalue weighted by Crippen LogP contribution is 2.41. The lowest BCUT2D eigenvalue weighted by atomic mass is 10.1. The van der Waals surface area contributed by atoms with E-state index in [0.717, 1.165) is 5.92 Å². The third-order valence-corrected chi connectivity index (χ3v) is 3.88. The van der Waals surface area contributed by atoms with Crippen LogP contribution in [0.1, 0.15) is 33.1 Å². The molecule has 0 N–H and O–H groups in total. The Balaban J connectivity index is 2.91. The van der Waals surface area contributed by atoms with E-state index in [1.807, 2.05) is 0 Å². The van der Waals surface area contributed by atoms with E-state index >= 15 is 0 Å². The van der Waals surface area contributed by atoms with Gasteiger partial charge in [0.05, 0.1) is 0 Å². The van der Waals surface area contributed by atoms with E-state index in [9.17, 15) is 0 Å². The van der Waals surface area contributed by atoms with Crippen LogP contribution in [0.2, 0.25) is 0 Å². The number of unbranched alkanes of at least 4 members (excludes halogenated alkanes) is 1. The monoisotopic (exact) mass is 272 g/mol. The summed E-state index contributed by atoms with van der Waals surface area (Å²) >= 11 is 2.56. The molecule has 0 aromatic heterocycles. The van der Waals surface area contributed by atoms with Gasteiger partial charge in [0.25, 0.3) is 0 Å². The summed E-state index contributed by atoms with van der Waals surface area (Å²) in [6.07, 6.45) is 5.76. The average Bonchev–Trinajstić information content (AvgIpc) is 1.79. The minimum absolute atomic E-state index is 0.339. The van der Waals surface area contributed by atoms with E-state index in [4.69, 9.17) is 0 Å². The largest absolute Gasteiger partial charge is 0.0628 e. The molecule has 0 nitrogen and oxygen atoms in total. The van der Waals surface area contributed by atoms with Crippen molar-refractivity contribution in [2.75, 3.05) is 12.8 Å². The lowest BCUT2D eigenvalue weighted by Gasteiger charge is -2.04. The number of hydrogen-bond acceptors (Lipinski definition) is 0. The second kappa shape index (κ2) is 6.84. The molecule has 0 aliphatic rings.